The molecular formula is C14H13NO3. The number of nitrogens with zero attached hydrogens (tertiary/aromatic N) is 1. The highest BCUT2D eigenvalue weighted by Crippen LogP contribution is 2.53. The van der Waals surface area contributed by atoms with E-state index in [-0.39, 0.29) is 5.54 Å². The molecule has 1 spiro atoms. The molecule has 2 fully saturated rings. The molecular weight excluding hydrogens is 230 g/mol. The van der Waals surface area contributed by atoms with Gasteiger partial charge in [-0.15, -0.1) is 0 Å². The molecule has 3 aliphatic rings. The molecule has 0 atom stereocenters. The first-order chi connectivity index (χ1) is 8.75. The first-order valence-corrected chi connectivity index (χ1v) is 6.37. The van der Waals surface area contributed by atoms with Gasteiger partial charge in [-0.3, -0.25) is 0 Å². The van der Waals surface area contributed by atoms with Gasteiger partial charge in [0, 0.05) is 12.8 Å². The van der Waals surface area contributed by atoms with E-state index < -0.39 is 5.79 Å². The van der Waals surface area contributed by atoms with Crippen molar-refractivity contribution in [3.05, 3.63) is 23.8 Å². The van der Waals surface area contributed by atoms with Crippen molar-refractivity contribution >= 4 is 6.08 Å². The number of rotatable bonds is 2. The quantitative estimate of drug-likeness (QED) is 0.592. The standard InChI is InChI=1S/C14H13NO3/c16-9-15-13(6-7-13)10-2-3-11-12(8-10)18-14(17-11)4-1-5-14/h2-3,8H,1,4-7H2. The topological polar surface area (TPSA) is 47.9 Å². The normalized spacial score (nSPS) is 24.2. The number of hydrogen-bond acceptors (Lipinski definition) is 4. The van der Waals surface area contributed by atoms with Crippen LogP contribution in [0.4, 0.5) is 0 Å². The molecule has 4 heteroatoms. The summed E-state index contributed by atoms with van der Waals surface area (Å²) in [5.41, 5.74) is 0.694. The minimum absolute atomic E-state index is 0.338. The molecule has 2 saturated carbocycles. The maximum Gasteiger partial charge on any atom is 0.251 e. The van der Waals surface area contributed by atoms with Gasteiger partial charge in [0.1, 0.15) is 0 Å². The third kappa shape index (κ3) is 1.27. The van der Waals surface area contributed by atoms with Crippen LogP contribution in [0.1, 0.15) is 37.7 Å². The first kappa shape index (κ1) is 10.2. The van der Waals surface area contributed by atoms with E-state index in [0.29, 0.717) is 0 Å². The lowest BCUT2D eigenvalue weighted by atomic mass is 9.91. The Bertz CT molecular complexity index is 566. The Kier molecular flexibility index (Phi) is 1.78. The van der Waals surface area contributed by atoms with Crippen molar-refractivity contribution in [3.8, 4) is 11.5 Å². The third-order valence-electron chi connectivity index (χ3n) is 4.17. The van der Waals surface area contributed by atoms with Gasteiger partial charge in [-0.1, -0.05) is 6.07 Å². The van der Waals surface area contributed by atoms with Gasteiger partial charge in [0.15, 0.2) is 11.5 Å². The number of isocyanates is 1. The zero-order valence-corrected chi connectivity index (χ0v) is 9.94. The fraction of sp³-hybridized carbons (Fsp3) is 0.500. The summed E-state index contributed by atoms with van der Waals surface area (Å²) < 4.78 is 11.8. The highest BCUT2D eigenvalue weighted by molar-refractivity contribution is 5.50. The fourth-order valence-electron chi connectivity index (χ4n) is 2.72. The van der Waals surface area contributed by atoms with Crippen LogP contribution in [-0.2, 0) is 10.3 Å². The summed E-state index contributed by atoms with van der Waals surface area (Å²) in [6.07, 6.45) is 6.56. The van der Waals surface area contributed by atoms with Gasteiger partial charge in [-0.05, 0) is 37.0 Å². The maximum atomic E-state index is 10.5. The van der Waals surface area contributed by atoms with Crippen molar-refractivity contribution in [2.75, 3.05) is 0 Å². The molecule has 4 nitrogen and oxygen atoms in total. The van der Waals surface area contributed by atoms with E-state index in [4.69, 9.17) is 9.47 Å². The number of benzene rings is 1. The van der Waals surface area contributed by atoms with Gasteiger partial charge in [-0.25, -0.2) is 4.79 Å². The smallest absolute Gasteiger partial charge is 0.251 e. The summed E-state index contributed by atoms with van der Waals surface area (Å²) in [7, 11) is 0. The number of aliphatic imine (C=N–C) groups is 1. The van der Waals surface area contributed by atoms with Crippen LogP contribution >= 0.6 is 0 Å². The van der Waals surface area contributed by atoms with E-state index in [0.717, 1.165) is 49.2 Å². The van der Waals surface area contributed by atoms with E-state index in [1.165, 1.54) is 0 Å². The summed E-state index contributed by atoms with van der Waals surface area (Å²) in [5.74, 6) is 1.20. The van der Waals surface area contributed by atoms with Crippen LogP contribution in [0.3, 0.4) is 0 Å². The number of hydrogen-bond donors (Lipinski definition) is 0. The predicted octanol–water partition coefficient (Wildman–Crippen LogP) is 2.66. The van der Waals surface area contributed by atoms with Crippen molar-refractivity contribution in [1.29, 1.82) is 0 Å². The molecule has 0 radical (unpaired) electrons. The fourth-order valence-corrected chi connectivity index (χ4v) is 2.72. The molecule has 1 aromatic rings. The summed E-state index contributed by atoms with van der Waals surface area (Å²) in [6, 6.07) is 5.88. The lowest BCUT2D eigenvalue weighted by molar-refractivity contribution is -0.138. The van der Waals surface area contributed by atoms with Gasteiger partial charge in [0.05, 0.1) is 5.54 Å². The van der Waals surface area contributed by atoms with E-state index in [1.54, 1.807) is 6.08 Å². The second-order valence-corrected chi connectivity index (χ2v) is 5.36. The summed E-state index contributed by atoms with van der Waals surface area (Å²) in [5, 5.41) is 0. The number of ether oxygens (including phenoxy) is 2. The van der Waals surface area contributed by atoms with Crippen LogP contribution in [0, 0.1) is 0 Å². The number of carbonyl (C=O) groups excluding carboxylic acids is 1. The summed E-state index contributed by atoms with van der Waals surface area (Å²) >= 11 is 0. The molecule has 92 valence electrons. The average molecular weight is 243 g/mol. The Morgan fingerprint density at radius 3 is 2.50 bits per heavy atom. The third-order valence-corrected chi connectivity index (χ3v) is 4.17. The Labute approximate surface area is 105 Å². The lowest BCUT2D eigenvalue weighted by Crippen LogP contribution is -2.45. The van der Waals surface area contributed by atoms with Gasteiger partial charge in [0.25, 0.3) is 5.79 Å². The SMILES string of the molecule is O=C=NC1(c2ccc3c(c2)OC2(CCC2)O3)CC1. The molecule has 0 amide bonds. The molecule has 0 aromatic heterocycles. The van der Waals surface area contributed by atoms with Gasteiger partial charge < -0.3 is 9.47 Å². The van der Waals surface area contributed by atoms with Crippen molar-refractivity contribution in [1.82, 2.24) is 0 Å². The lowest BCUT2D eigenvalue weighted by Gasteiger charge is -2.35. The molecule has 0 bridgehead atoms. The zero-order valence-electron chi connectivity index (χ0n) is 9.94. The molecule has 18 heavy (non-hydrogen) atoms. The van der Waals surface area contributed by atoms with Crippen molar-refractivity contribution < 1.29 is 14.3 Å². The van der Waals surface area contributed by atoms with Crippen LogP contribution in [0.5, 0.6) is 11.5 Å². The minimum Gasteiger partial charge on any atom is -0.448 e. The van der Waals surface area contributed by atoms with Gasteiger partial charge >= 0.3 is 0 Å². The highest BCUT2D eigenvalue weighted by atomic mass is 16.7. The second-order valence-electron chi connectivity index (χ2n) is 5.36. The van der Waals surface area contributed by atoms with Crippen LogP contribution in [0.15, 0.2) is 23.2 Å². The first-order valence-electron chi connectivity index (χ1n) is 6.37. The van der Waals surface area contributed by atoms with Crippen LogP contribution < -0.4 is 9.47 Å². The zero-order chi connectivity index (χ0) is 12.2. The average Bonchev–Trinajstić information content (AvgIpc) is 3.00. The Hall–Kier alpha value is -1.80. The summed E-state index contributed by atoms with van der Waals surface area (Å²) in [4.78, 5) is 14.4. The molecule has 1 aromatic carbocycles. The van der Waals surface area contributed by atoms with Crippen LogP contribution in [-0.4, -0.2) is 11.9 Å². The molecule has 1 aliphatic heterocycles. The van der Waals surface area contributed by atoms with Crippen molar-refractivity contribution in [3.63, 3.8) is 0 Å². The maximum absolute atomic E-state index is 10.5. The molecule has 4 rings (SSSR count). The Morgan fingerprint density at radius 2 is 1.89 bits per heavy atom. The monoisotopic (exact) mass is 243 g/mol. The van der Waals surface area contributed by atoms with Crippen molar-refractivity contribution in [2.45, 2.75) is 43.4 Å². The Morgan fingerprint density at radius 1 is 1.11 bits per heavy atom. The van der Waals surface area contributed by atoms with Gasteiger partial charge in [0.2, 0.25) is 6.08 Å². The van der Waals surface area contributed by atoms with E-state index in [9.17, 15) is 4.79 Å². The van der Waals surface area contributed by atoms with Crippen molar-refractivity contribution in [2.24, 2.45) is 4.99 Å². The van der Waals surface area contributed by atoms with Crippen LogP contribution in [0.2, 0.25) is 0 Å². The second kappa shape index (κ2) is 3.15. The molecule has 2 aliphatic carbocycles. The molecule has 1 heterocycles. The molecule has 0 N–H and O–H groups in total. The molecule has 0 saturated heterocycles. The number of fused-ring (bicyclic) bond motifs is 1. The van der Waals surface area contributed by atoms with E-state index >= 15 is 0 Å². The van der Waals surface area contributed by atoms with Crippen LogP contribution in [0.25, 0.3) is 0 Å². The predicted molar refractivity (Wildman–Crippen MR) is 63.3 cm³/mol. The minimum atomic E-state index is -0.397. The van der Waals surface area contributed by atoms with E-state index in [2.05, 4.69) is 4.99 Å². The largest absolute Gasteiger partial charge is 0.448 e. The van der Waals surface area contributed by atoms with Gasteiger partial charge in [-0.2, -0.15) is 4.99 Å². The Balaban J connectivity index is 1.70. The van der Waals surface area contributed by atoms with E-state index in [1.807, 2.05) is 18.2 Å². The highest BCUT2D eigenvalue weighted by Gasteiger charge is 2.49. The molecule has 0 unspecified atom stereocenters. The summed E-state index contributed by atoms with van der Waals surface area (Å²) in [6.45, 7) is 0.